The monoisotopic (exact) mass is 286 g/mol. The third kappa shape index (κ3) is 2.10. The van der Waals surface area contributed by atoms with Crippen LogP contribution in [0.5, 0.6) is 5.75 Å². The van der Waals surface area contributed by atoms with Gasteiger partial charge in [0.05, 0.1) is 18.3 Å². The van der Waals surface area contributed by atoms with Gasteiger partial charge >= 0.3 is 5.69 Å². The highest BCUT2D eigenvalue weighted by Crippen LogP contribution is 2.19. The predicted octanol–water partition coefficient (Wildman–Crippen LogP) is 1.83. The van der Waals surface area contributed by atoms with Gasteiger partial charge in [-0.05, 0) is 36.4 Å². The van der Waals surface area contributed by atoms with Crippen LogP contribution < -0.4 is 16.0 Å². The van der Waals surface area contributed by atoms with Gasteiger partial charge in [-0.2, -0.15) is 0 Å². The molecule has 0 bridgehead atoms. The molecule has 0 aliphatic carbocycles. The molecule has 0 saturated carbocycles. The van der Waals surface area contributed by atoms with Crippen molar-refractivity contribution in [1.82, 2.24) is 9.55 Å². The number of aromatic nitrogens is 2. The Kier molecular flexibility index (Phi) is 3.06. The molecule has 1 aromatic heterocycles. The quantitative estimate of drug-likeness (QED) is 0.781. The average molecular weight is 286 g/mol. The Bertz CT molecular complexity index is 926. The van der Waals surface area contributed by atoms with Gasteiger partial charge in [-0.25, -0.2) is 13.8 Å². The number of nitrogens with one attached hydrogen (secondary N) is 1. The number of nitrogens with zero attached hydrogens (tertiary/aromatic N) is 1. The maximum atomic E-state index is 13.0. The van der Waals surface area contributed by atoms with Crippen molar-refractivity contribution in [2.45, 2.75) is 0 Å². The number of benzene rings is 2. The highest BCUT2D eigenvalue weighted by molar-refractivity contribution is 5.84. The molecule has 0 atom stereocenters. The molecule has 5 nitrogen and oxygen atoms in total. The van der Waals surface area contributed by atoms with Gasteiger partial charge in [0.25, 0.3) is 5.56 Å². The normalized spacial score (nSPS) is 10.8. The molecule has 3 rings (SSSR count). The number of aromatic amines is 1. The summed E-state index contributed by atoms with van der Waals surface area (Å²) in [5, 5.41) is 0.268. The number of methoxy groups -OCH3 is 1. The van der Waals surface area contributed by atoms with E-state index < -0.39 is 17.1 Å². The van der Waals surface area contributed by atoms with Crippen molar-refractivity contribution < 1.29 is 9.13 Å². The van der Waals surface area contributed by atoms with Crippen LogP contribution in [0.1, 0.15) is 0 Å². The van der Waals surface area contributed by atoms with Crippen molar-refractivity contribution in [3.63, 3.8) is 0 Å². The van der Waals surface area contributed by atoms with E-state index in [4.69, 9.17) is 4.74 Å². The highest BCUT2D eigenvalue weighted by atomic mass is 19.1. The minimum absolute atomic E-state index is 0.268. The molecule has 0 saturated heterocycles. The third-order valence-electron chi connectivity index (χ3n) is 3.19. The molecule has 0 unspecified atom stereocenters. The molecule has 1 N–H and O–H groups in total. The molecule has 6 heteroatoms. The average Bonchev–Trinajstić information content (AvgIpc) is 2.48. The summed E-state index contributed by atoms with van der Waals surface area (Å²) in [7, 11) is 1.45. The maximum absolute atomic E-state index is 13.0. The van der Waals surface area contributed by atoms with Crippen molar-refractivity contribution in [2.75, 3.05) is 7.11 Å². The Morgan fingerprint density at radius 1 is 1.10 bits per heavy atom. The third-order valence-corrected chi connectivity index (χ3v) is 3.19. The molecular weight excluding hydrogens is 275 g/mol. The molecule has 0 spiro atoms. The van der Waals surface area contributed by atoms with Gasteiger partial charge in [0.2, 0.25) is 0 Å². The van der Waals surface area contributed by atoms with Crippen LogP contribution in [0.3, 0.4) is 0 Å². The summed E-state index contributed by atoms with van der Waals surface area (Å²) in [5.41, 5.74) is -0.427. The molecular formula is C15H11FN2O3. The second-order valence-electron chi connectivity index (χ2n) is 4.43. The van der Waals surface area contributed by atoms with Crippen LogP contribution >= 0.6 is 0 Å². The Balaban J connectivity index is 2.41. The van der Waals surface area contributed by atoms with Crippen molar-refractivity contribution in [1.29, 1.82) is 0 Å². The van der Waals surface area contributed by atoms with Crippen LogP contribution in [0.4, 0.5) is 4.39 Å². The summed E-state index contributed by atoms with van der Waals surface area (Å²) in [6.45, 7) is 0. The number of rotatable bonds is 2. The molecule has 2 aromatic carbocycles. The number of hydrogen-bond donors (Lipinski definition) is 1. The minimum Gasteiger partial charge on any atom is -0.496 e. The predicted molar refractivity (Wildman–Crippen MR) is 76.7 cm³/mol. The van der Waals surface area contributed by atoms with Gasteiger partial charge in [-0.1, -0.05) is 6.07 Å². The lowest BCUT2D eigenvalue weighted by Crippen LogP contribution is -2.33. The lowest BCUT2D eigenvalue weighted by Gasteiger charge is -2.08. The van der Waals surface area contributed by atoms with Crippen molar-refractivity contribution in [3.05, 3.63) is 69.1 Å². The number of H-pyrrole nitrogens is 1. The zero-order valence-corrected chi connectivity index (χ0v) is 11.1. The molecule has 1 heterocycles. The summed E-state index contributed by atoms with van der Waals surface area (Å²) in [5.74, 6) is -0.0776. The molecule has 21 heavy (non-hydrogen) atoms. The summed E-state index contributed by atoms with van der Waals surface area (Å²) in [4.78, 5) is 27.3. The van der Waals surface area contributed by atoms with Crippen molar-refractivity contribution >= 4 is 10.9 Å². The minimum atomic E-state index is -0.590. The van der Waals surface area contributed by atoms with Gasteiger partial charge in [0, 0.05) is 0 Å². The number of halogens is 1. The lowest BCUT2D eigenvalue weighted by molar-refractivity contribution is 0.419. The first kappa shape index (κ1) is 13.1. The second-order valence-corrected chi connectivity index (χ2v) is 4.43. The largest absolute Gasteiger partial charge is 0.496 e. The van der Waals surface area contributed by atoms with Gasteiger partial charge in [0.1, 0.15) is 17.0 Å². The van der Waals surface area contributed by atoms with Crippen LogP contribution in [0.2, 0.25) is 0 Å². The zero-order valence-electron chi connectivity index (χ0n) is 11.1. The van der Waals surface area contributed by atoms with E-state index in [0.29, 0.717) is 11.3 Å². The van der Waals surface area contributed by atoms with Gasteiger partial charge in [-0.3, -0.25) is 4.79 Å². The van der Waals surface area contributed by atoms with Crippen LogP contribution in [0, 0.1) is 5.82 Å². The van der Waals surface area contributed by atoms with E-state index in [9.17, 15) is 14.0 Å². The van der Waals surface area contributed by atoms with Gasteiger partial charge in [-0.15, -0.1) is 0 Å². The van der Waals surface area contributed by atoms with Gasteiger partial charge in [0.15, 0.2) is 0 Å². The second kappa shape index (κ2) is 4.90. The molecule has 3 aromatic rings. The Labute approximate surface area is 118 Å². The molecule has 0 fully saturated rings. The summed E-state index contributed by atoms with van der Waals surface area (Å²) >= 11 is 0. The zero-order chi connectivity index (χ0) is 15.0. The highest BCUT2D eigenvalue weighted by Gasteiger charge is 2.13. The molecule has 0 amide bonds. The number of ether oxygens (including phenoxy) is 1. The van der Waals surface area contributed by atoms with Crippen LogP contribution in [0.15, 0.2) is 52.1 Å². The van der Waals surface area contributed by atoms with E-state index >= 15 is 0 Å². The number of fused-ring (bicyclic) bond motifs is 1. The lowest BCUT2D eigenvalue weighted by atomic mass is 10.2. The standard InChI is InChI=1S/C15H11FN2O3/c1-21-12-4-2-3-11-13(12)14(19)18(15(20)17-11)10-7-5-9(16)6-8-10/h2-8H,1H3,(H,17,20). The first-order valence-corrected chi connectivity index (χ1v) is 6.20. The van der Waals surface area contributed by atoms with E-state index in [1.807, 2.05) is 0 Å². The van der Waals surface area contributed by atoms with Crippen LogP contribution in [0.25, 0.3) is 16.6 Å². The van der Waals surface area contributed by atoms with E-state index in [1.165, 1.54) is 31.4 Å². The summed E-state index contributed by atoms with van der Waals surface area (Å²) < 4.78 is 19.1. The van der Waals surface area contributed by atoms with E-state index in [1.54, 1.807) is 18.2 Å². The van der Waals surface area contributed by atoms with Crippen LogP contribution in [-0.2, 0) is 0 Å². The molecule has 106 valence electrons. The molecule has 0 aliphatic heterocycles. The Morgan fingerprint density at radius 3 is 2.48 bits per heavy atom. The fourth-order valence-corrected chi connectivity index (χ4v) is 2.23. The smallest absolute Gasteiger partial charge is 0.333 e. The van der Waals surface area contributed by atoms with E-state index in [-0.39, 0.29) is 11.1 Å². The first-order chi connectivity index (χ1) is 10.1. The fourth-order valence-electron chi connectivity index (χ4n) is 2.23. The summed E-state index contributed by atoms with van der Waals surface area (Å²) in [6.07, 6.45) is 0. The van der Waals surface area contributed by atoms with Crippen molar-refractivity contribution in [2.24, 2.45) is 0 Å². The number of hydrogen-bond acceptors (Lipinski definition) is 3. The topological polar surface area (TPSA) is 64.1 Å². The first-order valence-electron chi connectivity index (χ1n) is 6.20. The van der Waals surface area contributed by atoms with Crippen molar-refractivity contribution in [3.8, 4) is 11.4 Å². The Morgan fingerprint density at radius 2 is 1.81 bits per heavy atom. The Hall–Kier alpha value is -2.89. The molecule has 0 aliphatic rings. The van der Waals surface area contributed by atoms with Gasteiger partial charge < -0.3 is 9.72 Å². The summed E-state index contributed by atoms with van der Waals surface area (Å²) in [6, 6.07) is 10.0. The maximum Gasteiger partial charge on any atom is 0.333 e. The SMILES string of the molecule is COc1cccc2[nH]c(=O)n(-c3ccc(F)cc3)c(=O)c12. The fraction of sp³-hybridized carbons (Fsp3) is 0.0667. The van der Waals surface area contributed by atoms with E-state index in [2.05, 4.69) is 4.98 Å². The molecule has 0 radical (unpaired) electrons. The van der Waals surface area contributed by atoms with Crippen LogP contribution in [-0.4, -0.2) is 16.7 Å². The van der Waals surface area contributed by atoms with E-state index in [0.717, 1.165) is 4.57 Å².